The number of hydrazone groups is 1. The topological polar surface area (TPSA) is 32.1 Å². The molecule has 1 aliphatic rings. The maximum atomic E-state index is 11.5. The average Bonchev–Trinajstić information content (AvgIpc) is 2.43. The van der Waals surface area contributed by atoms with Crippen LogP contribution in [-0.2, 0) is 4.79 Å². The molecule has 72 valence electrons. The fraction of sp³-hybridized carbons (Fsp3) is 0.273. The van der Waals surface area contributed by atoms with E-state index in [4.69, 9.17) is 0 Å². The molecule has 0 fully saturated rings. The van der Waals surface area contributed by atoms with Gasteiger partial charge < -0.3 is 0 Å². The maximum absolute atomic E-state index is 11.5. The van der Waals surface area contributed by atoms with Crippen molar-refractivity contribution in [3.05, 3.63) is 30.3 Å². The molecule has 1 aromatic rings. The third-order valence-electron chi connectivity index (χ3n) is 2.30. The molecule has 0 radical (unpaired) electrons. The molecular formula is C11H13N2O+. The smallest absolute Gasteiger partial charge is 0.251 e. The van der Waals surface area contributed by atoms with E-state index in [0.717, 1.165) is 5.69 Å². The molecule has 1 N–H and O–H groups in total. The zero-order valence-corrected chi connectivity index (χ0v) is 8.32. The van der Waals surface area contributed by atoms with E-state index in [1.54, 1.807) is 10.9 Å². The number of Topliss-reactive ketones (excluding diaryl/α,β-unsaturated/α-hetero) is 1. The molecule has 3 nitrogen and oxygen atoms in total. The molecule has 0 saturated heterocycles. The lowest BCUT2D eigenvalue weighted by Gasteiger charge is -2.11. The van der Waals surface area contributed by atoms with Crippen molar-refractivity contribution >= 4 is 17.7 Å². The Bertz CT molecular complexity index is 393. The lowest BCUT2D eigenvalue weighted by atomic mass is 10.0. The van der Waals surface area contributed by atoms with Gasteiger partial charge in [-0.25, -0.2) is 0 Å². The van der Waals surface area contributed by atoms with Crippen molar-refractivity contribution in [2.24, 2.45) is 0 Å². The quantitative estimate of drug-likeness (QED) is 0.675. The molecule has 0 amide bonds. The van der Waals surface area contributed by atoms with Crippen LogP contribution in [0.2, 0.25) is 0 Å². The van der Waals surface area contributed by atoms with Crippen LogP contribution >= 0.6 is 0 Å². The van der Waals surface area contributed by atoms with E-state index in [9.17, 15) is 4.79 Å². The number of hydrogen-bond acceptors (Lipinski definition) is 2. The highest BCUT2D eigenvalue weighted by molar-refractivity contribution is 6.30. The van der Waals surface area contributed by atoms with Crippen molar-refractivity contribution < 1.29 is 9.48 Å². The summed E-state index contributed by atoms with van der Waals surface area (Å²) in [5.74, 6) is 0.0985. The van der Waals surface area contributed by atoms with E-state index in [0.29, 0.717) is 0 Å². The Hall–Kier alpha value is -1.64. The Morgan fingerprint density at radius 2 is 1.86 bits per heavy atom. The summed E-state index contributed by atoms with van der Waals surface area (Å²) < 4.78 is 1.77. The van der Waals surface area contributed by atoms with E-state index in [1.165, 1.54) is 0 Å². The van der Waals surface area contributed by atoms with E-state index in [1.807, 2.05) is 44.2 Å². The first-order valence-corrected chi connectivity index (χ1v) is 4.61. The van der Waals surface area contributed by atoms with Crippen LogP contribution < -0.4 is 5.43 Å². The second-order valence-electron chi connectivity index (χ2n) is 3.94. The van der Waals surface area contributed by atoms with Gasteiger partial charge in [-0.2, -0.15) is 5.43 Å². The van der Waals surface area contributed by atoms with E-state index in [-0.39, 0.29) is 5.78 Å². The summed E-state index contributed by atoms with van der Waals surface area (Å²) in [4.78, 5) is 11.5. The third kappa shape index (κ3) is 1.41. The monoisotopic (exact) mass is 189 g/mol. The van der Waals surface area contributed by atoms with E-state index >= 15 is 0 Å². The molecule has 1 heterocycles. The lowest BCUT2D eigenvalue weighted by molar-refractivity contribution is -0.505. The number of benzene rings is 1. The summed E-state index contributed by atoms with van der Waals surface area (Å²) in [6, 6.07) is 9.75. The summed E-state index contributed by atoms with van der Waals surface area (Å²) in [5, 5.41) is 0. The number of hydrazine groups is 1. The van der Waals surface area contributed by atoms with Crippen molar-refractivity contribution in [1.29, 1.82) is 0 Å². The highest BCUT2D eigenvalue weighted by Crippen LogP contribution is 2.15. The Morgan fingerprint density at radius 1 is 1.21 bits per heavy atom. The van der Waals surface area contributed by atoms with Crippen LogP contribution in [0.25, 0.3) is 0 Å². The Kier molecular flexibility index (Phi) is 1.88. The van der Waals surface area contributed by atoms with Crippen LogP contribution in [0.4, 0.5) is 5.69 Å². The first-order valence-electron chi connectivity index (χ1n) is 4.61. The molecule has 1 aliphatic heterocycles. The molecule has 0 bridgehead atoms. The van der Waals surface area contributed by atoms with Crippen molar-refractivity contribution in [2.45, 2.75) is 19.4 Å². The Labute approximate surface area is 83.0 Å². The molecule has 2 rings (SSSR count). The molecular weight excluding hydrogens is 176 g/mol. The molecule has 0 spiro atoms. The van der Waals surface area contributed by atoms with Crippen molar-refractivity contribution in [3.8, 4) is 0 Å². The Morgan fingerprint density at radius 3 is 2.36 bits per heavy atom. The van der Waals surface area contributed by atoms with Gasteiger partial charge in [0, 0.05) is 12.1 Å². The SMILES string of the molecule is CC1(C)N[N+](c2ccccc2)=CC1=O. The number of nitrogens with one attached hydrogen (secondary N) is 1. The van der Waals surface area contributed by atoms with Crippen LogP contribution in [0.15, 0.2) is 30.3 Å². The highest BCUT2D eigenvalue weighted by Gasteiger charge is 2.39. The largest absolute Gasteiger partial charge is 0.285 e. The van der Waals surface area contributed by atoms with E-state index in [2.05, 4.69) is 5.43 Å². The van der Waals surface area contributed by atoms with Crippen molar-refractivity contribution in [2.75, 3.05) is 0 Å². The molecule has 0 unspecified atom stereocenters. The van der Waals surface area contributed by atoms with Gasteiger partial charge in [-0.3, -0.25) is 4.79 Å². The number of carbonyl (C=O) groups is 1. The second-order valence-corrected chi connectivity index (χ2v) is 3.94. The zero-order valence-electron chi connectivity index (χ0n) is 8.32. The maximum Gasteiger partial charge on any atom is 0.251 e. The molecule has 0 atom stereocenters. The second kappa shape index (κ2) is 2.94. The number of nitrogens with zero attached hydrogens (tertiary/aromatic N) is 1. The minimum atomic E-state index is -0.490. The van der Waals surface area contributed by atoms with Crippen LogP contribution in [0, 0.1) is 0 Å². The number of rotatable bonds is 1. The predicted molar refractivity (Wildman–Crippen MR) is 54.6 cm³/mol. The number of carbonyl (C=O) groups excluding carboxylic acids is 1. The molecule has 3 heteroatoms. The molecule has 14 heavy (non-hydrogen) atoms. The third-order valence-corrected chi connectivity index (χ3v) is 2.30. The average molecular weight is 189 g/mol. The van der Waals surface area contributed by atoms with Crippen molar-refractivity contribution in [3.63, 3.8) is 0 Å². The van der Waals surface area contributed by atoms with Crippen LogP contribution in [0.5, 0.6) is 0 Å². The molecule has 1 aromatic carbocycles. The highest BCUT2D eigenvalue weighted by atomic mass is 16.1. The number of para-hydroxylation sites is 1. The minimum absolute atomic E-state index is 0.0985. The van der Waals surface area contributed by atoms with Gasteiger partial charge in [0.15, 0.2) is 5.54 Å². The summed E-state index contributed by atoms with van der Waals surface area (Å²) in [5.41, 5.74) is 3.61. The van der Waals surface area contributed by atoms with Crippen LogP contribution in [0.1, 0.15) is 13.8 Å². The predicted octanol–water partition coefficient (Wildman–Crippen LogP) is 1.27. The number of ketones is 1. The molecule has 0 aromatic heterocycles. The minimum Gasteiger partial charge on any atom is -0.285 e. The standard InChI is InChI=1S/C11H12N2O/c1-11(2)10(14)8-13(12-11)9-6-4-3-5-7-9/h3-8H,1-2H3/p+1. The van der Waals surface area contributed by atoms with Gasteiger partial charge in [-0.1, -0.05) is 22.9 Å². The first kappa shape index (κ1) is 8.94. The lowest BCUT2D eigenvalue weighted by Crippen LogP contribution is -2.42. The van der Waals surface area contributed by atoms with Gasteiger partial charge >= 0.3 is 0 Å². The summed E-state index contributed by atoms with van der Waals surface area (Å²) in [6.45, 7) is 3.74. The van der Waals surface area contributed by atoms with Gasteiger partial charge in [-0.15, -0.1) is 0 Å². The number of hydrogen-bond donors (Lipinski definition) is 1. The van der Waals surface area contributed by atoms with Gasteiger partial charge in [0.25, 0.3) is 5.78 Å². The van der Waals surface area contributed by atoms with E-state index < -0.39 is 5.54 Å². The summed E-state index contributed by atoms with van der Waals surface area (Å²) >= 11 is 0. The fourth-order valence-electron chi connectivity index (χ4n) is 1.39. The van der Waals surface area contributed by atoms with Gasteiger partial charge in [0.05, 0.1) is 0 Å². The van der Waals surface area contributed by atoms with Crippen LogP contribution in [-0.4, -0.2) is 22.2 Å². The normalized spacial score (nSPS) is 19.0. The molecule has 0 aliphatic carbocycles. The summed E-state index contributed by atoms with van der Waals surface area (Å²) in [7, 11) is 0. The van der Waals surface area contributed by atoms with Crippen molar-refractivity contribution in [1.82, 2.24) is 5.43 Å². The molecule has 0 saturated carbocycles. The first-order chi connectivity index (χ1) is 6.59. The van der Waals surface area contributed by atoms with Gasteiger partial charge in [0.2, 0.25) is 11.9 Å². The van der Waals surface area contributed by atoms with Crippen LogP contribution in [0.3, 0.4) is 0 Å². The van der Waals surface area contributed by atoms with Gasteiger partial charge in [-0.05, 0) is 13.8 Å². The summed E-state index contributed by atoms with van der Waals surface area (Å²) in [6.07, 6.45) is 1.59. The Balaban J connectivity index is 2.33. The fourth-order valence-corrected chi connectivity index (χ4v) is 1.39. The zero-order chi connectivity index (χ0) is 10.2. The van der Waals surface area contributed by atoms with Gasteiger partial charge in [0.1, 0.15) is 0 Å².